The van der Waals surface area contributed by atoms with E-state index in [2.05, 4.69) is 48.0 Å². The monoisotopic (exact) mass is 859 g/mol. The first-order valence-electron chi connectivity index (χ1n) is 19.2. The van der Waals surface area contributed by atoms with Crippen molar-refractivity contribution in [3.63, 3.8) is 0 Å². The number of anilines is 3. The SMILES string of the molecule is CN(C)CCC(CSc1ccccc1)Nc1ccc(S(=O)(=O)Nc2ncnc3cc(N4CCN(Cc5ccccc5-c5ccc(Cl)cc5)CC4)ccc23)c(C(F)(F)F)c1. The summed E-state index contributed by atoms with van der Waals surface area (Å²) in [6, 6.07) is 34.5. The van der Waals surface area contributed by atoms with Crippen LogP contribution in [0, 0.1) is 0 Å². The molecular formula is C44H45ClF3N7O2S2. The first kappa shape index (κ1) is 42.3. The van der Waals surface area contributed by atoms with Crippen molar-refractivity contribution in [2.75, 3.05) is 67.5 Å². The normalized spacial score (nSPS) is 14.5. The molecule has 1 fully saturated rings. The van der Waals surface area contributed by atoms with Crippen LogP contribution in [0.15, 0.2) is 131 Å². The molecule has 0 bridgehead atoms. The minimum absolute atomic E-state index is 0.109. The molecule has 5 aromatic carbocycles. The second kappa shape index (κ2) is 18.6. The Morgan fingerprint density at radius 1 is 0.864 bits per heavy atom. The minimum Gasteiger partial charge on any atom is -0.381 e. The van der Waals surface area contributed by atoms with E-state index in [1.807, 2.05) is 91.8 Å². The highest BCUT2D eigenvalue weighted by molar-refractivity contribution is 7.99. The highest BCUT2D eigenvalue weighted by Gasteiger charge is 2.38. The number of piperazine rings is 1. The van der Waals surface area contributed by atoms with Gasteiger partial charge in [-0.2, -0.15) is 13.2 Å². The molecule has 59 heavy (non-hydrogen) atoms. The van der Waals surface area contributed by atoms with Crippen molar-refractivity contribution in [1.82, 2.24) is 19.8 Å². The average Bonchev–Trinajstić information content (AvgIpc) is 3.22. The highest BCUT2D eigenvalue weighted by atomic mass is 35.5. The first-order valence-corrected chi connectivity index (χ1v) is 22.1. The van der Waals surface area contributed by atoms with Gasteiger partial charge in [0.25, 0.3) is 10.0 Å². The summed E-state index contributed by atoms with van der Waals surface area (Å²) < 4.78 is 73.6. The molecule has 0 radical (unpaired) electrons. The van der Waals surface area contributed by atoms with Crippen LogP contribution in [0.4, 0.5) is 30.4 Å². The molecule has 7 rings (SSSR count). The number of hydrogen-bond acceptors (Lipinski definition) is 9. The van der Waals surface area contributed by atoms with Gasteiger partial charge in [0.2, 0.25) is 0 Å². The number of fused-ring (bicyclic) bond motifs is 1. The molecule has 0 aliphatic carbocycles. The van der Waals surface area contributed by atoms with Crippen LogP contribution in [-0.4, -0.2) is 86.8 Å². The largest absolute Gasteiger partial charge is 0.417 e. The van der Waals surface area contributed by atoms with E-state index < -0.39 is 26.7 Å². The molecule has 1 atom stereocenters. The molecule has 1 unspecified atom stereocenters. The van der Waals surface area contributed by atoms with Crippen molar-refractivity contribution >= 4 is 61.5 Å². The first-order chi connectivity index (χ1) is 28.3. The number of rotatable bonds is 15. The Labute approximate surface area is 352 Å². The zero-order valence-electron chi connectivity index (χ0n) is 32.7. The summed E-state index contributed by atoms with van der Waals surface area (Å²) in [4.78, 5) is 15.3. The maximum atomic E-state index is 14.6. The number of sulfonamides is 1. The minimum atomic E-state index is -4.95. The average molecular weight is 860 g/mol. The van der Waals surface area contributed by atoms with Crippen LogP contribution in [0.2, 0.25) is 5.02 Å². The van der Waals surface area contributed by atoms with Gasteiger partial charge >= 0.3 is 6.18 Å². The number of hydrogen-bond donors (Lipinski definition) is 2. The molecule has 15 heteroatoms. The molecule has 1 aromatic heterocycles. The van der Waals surface area contributed by atoms with Crippen LogP contribution < -0.4 is 14.9 Å². The smallest absolute Gasteiger partial charge is 0.381 e. The topological polar surface area (TPSA) is 93.7 Å². The van der Waals surface area contributed by atoms with Gasteiger partial charge in [0, 0.05) is 71.2 Å². The third kappa shape index (κ3) is 10.9. The molecule has 2 N–H and O–H groups in total. The lowest BCUT2D eigenvalue weighted by Crippen LogP contribution is -2.46. The fraction of sp³-hybridized carbons (Fsp3) is 0.273. The van der Waals surface area contributed by atoms with Gasteiger partial charge in [-0.3, -0.25) is 9.62 Å². The van der Waals surface area contributed by atoms with E-state index in [4.69, 9.17) is 11.6 Å². The lowest BCUT2D eigenvalue weighted by molar-refractivity contribution is -0.139. The van der Waals surface area contributed by atoms with Crippen LogP contribution >= 0.6 is 23.4 Å². The standard InChI is InChI=1S/C44H45ClF3N7O2S2/c1-53(2)21-20-35(29-58-37-9-4-3-5-10-37)51-34-16-19-42(40(26-34)44(46,47)48)59(56,57)52-43-39-18-17-36(27-41(39)49-30-50-43)55-24-22-54(23-25-55)28-32-8-6-7-11-38(32)31-12-14-33(45)15-13-31/h3-19,26-27,30,35,51H,20-25,28-29H2,1-2H3,(H,49,50,52). The number of nitrogens with zero attached hydrogens (tertiary/aromatic N) is 5. The summed E-state index contributed by atoms with van der Waals surface area (Å²) in [5, 5.41) is 4.29. The second-order valence-corrected chi connectivity index (χ2v) is 17.9. The van der Waals surface area contributed by atoms with Crippen LogP contribution in [0.25, 0.3) is 22.0 Å². The van der Waals surface area contributed by atoms with E-state index in [-0.39, 0.29) is 17.5 Å². The summed E-state index contributed by atoms with van der Waals surface area (Å²) in [6.07, 6.45) is -3.08. The Morgan fingerprint density at radius 2 is 1.59 bits per heavy atom. The molecule has 308 valence electrons. The van der Waals surface area contributed by atoms with Crippen molar-refractivity contribution in [2.24, 2.45) is 0 Å². The summed E-state index contributed by atoms with van der Waals surface area (Å²) in [6.45, 7) is 4.66. The molecule has 1 saturated heterocycles. The van der Waals surface area contributed by atoms with Gasteiger partial charge in [0.05, 0.1) is 16.0 Å². The molecular weight excluding hydrogens is 815 g/mol. The maximum Gasteiger partial charge on any atom is 0.417 e. The van der Waals surface area contributed by atoms with Crippen LogP contribution in [-0.2, 0) is 22.7 Å². The molecule has 9 nitrogen and oxygen atoms in total. The number of nitrogens with one attached hydrogen (secondary N) is 2. The van der Waals surface area contributed by atoms with Gasteiger partial charge in [-0.25, -0.2) is 18.4 Å². The van der Waals surface area contributed by atoms with Crippen LogP contribution in [0.1, 0.15) is 17.5 Å². The zero-order chi connectivity index (χ0) is 41.6. The van der Waals surface area contributed by atoms with Gasteiger partial charge in [0.1, 0.15) is 6.33 Å². The van der Waals surface area contributed by atoms with E-state index in [1.165, 1.54) is 23.5 Å². The van der Waals surface area contributed by atoms with Gasteiger partial charge in [-0.15, -0.1) is 11.8 Å². The van der Waals surface area contributed by atoms with E-state index in [1.54, 1.807) is 17.8 Å². The number of benzene rings is 5. The molecule has 0 amide bonds. The van der Waals surface area contributed by atoms with E-state index in [9.17, 15) is 21.6 Å². The molecule has 0 saturated carbocycles. The predicted octanol–water partition coefficient (Wildman–Crippen LogP) is 9.62. The molecule has 1 aliphatic heterocycles. The van der Waals surface area contributed by atoms with Gasteiger partial charge in [0.15, 0.2) is 5.82 Å². The number of halogens is 4. The van der Waals surface area contributed by atoms with E-state index >= 15 is 0 Å². The van der Waals surface area contributed by atoms with Gasteiger partial charge in [-0.1, -0.05) is 66.2 Å². The van der Waals surface area contributed by atoms with E-state index in [0.717, 1.165) is 61.0 Å². The van der Waals surface area contributed by atoms with Crippen molar-refractivity contribution in [2.45, 2.75) is 35.0 Å². The Hall–Kier alpha value is -4.86. The molecule has 2 heterocycles. The number of aromatic nitrogens is 2. The summed E-state index contributed by atoms with van der Waals surface area (Å²) in [5.74, 6) is 0.489. The van der Waals surface area contributed by atoms with Crippen molar-refractivity contribution in [1.29, 1.82) is 0 Å². The third-order valence-corrected chi connectivity index (χ3v) is 13.0. The van der Waals surface area contributed by atoms with Gasteiger partial charge < -0.3 is 15.1 Å². The maximum absolute atomic E-state index is 14.6. The predicted molar refractivity (Wildman–Crippen MR) is 234 cm³/mol. The summed E-state index contributed by atoms with van der Waals surface area (Å²) in [5.41, 5.74) is 3.78. The Morgan fingerprint density at radius 3 is 2.32 bits per heavy atom. The quantitative estimate of drug-likeness (QED) is 0.0980. The molecule has 0 spiro atoms. The zero-order valence-corrected chi connectivity index (χ0v) is 35.1. The molecule has 6 aromatic rings. The van der Waals surface area contributed by atoms with Crippen molar-refractivity contribution < 1.29 is 21.6 Å². The Kier molecular flexibility index (Phi) is 13.3. The van der Waals surface area contributed by atoms with Crippen molar-refractivity contribution in [3.05, 3.63) is 138 Å². The van der Waals surface area contributed by atoms with E-state index in [0.29, 0.717) is 34.6 Å². The Bertz CT molecular complexity index is 2470. The van der Waals surface area contributed by atoms with Crippen molar-refractivity contribution in [3.8, 4) is 11.1 Å². The summed E-state index contributed by atoms with van der Waals surface area (Å²) in [7, 11) is -0.869. The Balaban J connectivity index is 1.04. The molecule has 1 aliphatic rings. The number of alkyl halides is 3. The lowest BCUT2D eigenvalue weighted by Gasteiger charge is -2.36. The third-order valence-electron chi connectivity index (χ3n) is 10.2. The lowest BCUT2D eigenvalue weighted by atomic mass is 9.99. The van der Waals surface area contributed by atoms with Crippen LogP contribution in [0.5, 0.6) is 0 Å². The highest BCUT2D eigenvalue weighted by Crippen LogP contribution is 2.38. The number of thioether (sulfide) groups is 1. The second-order valence-electron chi connectivity index (χ2n) is 14.7. The fourth-order valence-corrected chi connectivity index (χ4v) is 9.47. The van der Waals surface area contributed by atoms with Gasteiger partial charge in [-0.05, 0) is 104 Å². The van der Waals surface area contributed by atoms with Crippen LogP contribution in [0.3, 0.4) is 0 Å². The summed E-state index contributed by atoms with van der Waals surface area (Å²) >= 11 is 7.73. The fourth-order valence-electron chi connectivity index (χ4n) is 7.12.